The van der Waals surface area contributed by atoms with Crippen LogP contribution in [0.5, 0.6) is 5.75 Å². The number of carbonyl (C=O) groups is 3. The average Bonchev–Trinajstić information content (AvgIpc) is 2.69. The lowest BCUT2D eigenvalue weighted by Gasteiger charge is -2.09. The summed E-state index contributed by atoms with van der Waals surface area (Å²) in [5.41, 5.74) is 5.71. The number of nitrogens with two attached hydrogens (primary N) is 1. The molecule has 0 saturated carbocycles. The Hall–Kier alpha value is -1.80. The third kappa shape index (κ3) is 3.69. The van der Waals surface area contributed by atoms with Crippen molar-refractivity contribution in [3.05, 3.63) is 33.1 Å². The second-order valence-corrected chi connectivity index (χ2v) is 6.26. The lowest BCUT2D eigenvalue weighted by Crippen LogP contribution is -2.36. The van der Waals surface area contributed by atoms with E-state index in [2.05, 4.69) is 15.9 Å². The van der Waals surface area contributed by atoms with Crippen molar-refractivity contribution >= 4 is 50.8 Å². The summed E-state index contributed by atoms with van der Waals surface area (Å²) >= 11 is 4.12. The monoisotopic (exact) mass is 384 g/mol. The van der Waals surface area contributed by atoms with Gasteiger partial charge in [-0.15, -0.1) is 0 Å². The molecular weight excluding hydrogens is 372 g/mol. The lowest BCUT2D eigenvalue weighted by atomic mass is 10.2. The fraction of sp³-hybridized carbons (Fsp3) is 0.214. The molecule has 3 amide bonds. The minimum Gasteiger partial charge on any atom is -0.493 e. The van der Waals surface area contributed by atoms with Gasteiger partial charge in [-0.1, -0.05) is 15.9 Å². The first kappa shape index (κ1) is 16.6. The normalized spacial score (nSPS) is 16.5. The predicted octanol–water partition coefficient (Wildman–Crippen LogP) is 2.37. The molecule has 0 aliphatic carbocycles. The van der Waals surface area contributed by atoms with Gasteiger partial charge in [0, 0.05) is 10.0 Å². The number of hydrogen-bond acceptors (Lipinski definition) is 5. The van der Waals surface area contributed by atoms with Crippen molar-refractivity contribution in [2.24, 2.45) is 5.73 Å². The highest BCUT2D eigenvalue weighted by Gasteiger charge is 2.36. The Morgan fingerprint density at radius 1 is 1.45 bits per heavy atom. The van der Waals surface area contributed by atoms with Crippen LogP contribution in [0.25, 0.3) is 6.08 Å². The summed E-state index contributed by atoms with van der Waals surface area (Å²) in [4.78, 5) is 35.9. The Labute approximate surface area is 139 Å². The third-order valence-electron chi connectivity index (χ3n) is 2.75. The van der Waals surface area contributed by atoms with E-state index < -0.39 is 23.6 Å². The van der Waals surface area contributed by atoms with Crippen molar-refractivity contribution in [2.45, 2.75) is 6.92 Å². The van der Waals surface area contributed by atoms with E-state index in [9.17, 15) is 14.4 Å². The number of carbonyl (C=O) groups excluding carboxylic acids is 3. The zero-order chi connectivity index (χ0) is 16.3. The second-order valence-electron chi connectivity index (χ2n) is 4.35. The number of amides is 3. The fourth-order valence-corrected chi connectivity index (χ4v) is 3.06. The van der Waals surface area contributed by atoms with Crippen molar-refractivity contribution in [3.63, 3.8) is 0 Å². The molecule has 0 aromatic heterocycles. The van der Waals surface area contributed by atoms with Crippen LogP contribution in [0.3, 0.4) is 0 Å². The first-order valence-corrected chi connectivity index (χ1v) is 7.99. The molecule has 116 valence electrons. The first-order chi connectivity index (χ1) is 10.4. The average molecular weight is 385 g/mol. The summed E-state index contributed by atoms with van der Waals surface area (Å²) in [6.07, 6.45) is 1.57. The topological polar surface area (TPSA) is 89.7 Å². The van der Waals surface area contributed by atoms with E-state index >= 15 is 0 Å². The van der Waals surface area contributed by atoms with Gasteiger partial charge in [0.1, 0.15) is 12.3 Å². The summed E-state index contributed by atoms with van der Waals surface area (Å²) in [5, 5.41) is -0.511. The van der Waals surface area contributed by atoms with Crippen LogP contribution in [0.1, 0.15) is 12.5 Å². The molecular formula is C14H13BrN2O4S. The van der Waals surface area contributed by atoms with Gasteiger partial charge in [-0.2, -0.15) is 0 Å². The molecule has 0 bridgehead atoms. The van der Waals surface area contributed by atoms with Crippen molar-refractivity contribution < 1.29 is 19.1 Å². The van der Waals surface area contributed by atoms with Crippen LogP contribution in [0.4, 0.5) is 4.79 Å². The highest BCUT2D eigenvalue weighted by Crippen LogP contribution is 2.34. The van der Waals surface area contributed by atoms with E-state index in [0.29, 0.717) is 17.9 Å². The number of ether oxygens (including phenoxy) is 1. The number of imide groups is 1. The van der Waals surface area contributed by atoms with E-state index in [-0.39, 0.29) is 4.91 Å². The smallest absolute Gasteiger partial charge is 0.294 e. The van der Waals surface area contributed by atoms with Gasteiger partial charge in [0.25, 0.3) is 11.1 Å². The maximum Gasteiger partial charge on any atom is 0.294 e. The number of hydrogen-bond donors (Lipinski definition) is 1. The number of benzene rings is 1. The van der Waals surface area contributed by atoms with Gasteiger partial charge in [0.2, 0.25) is 5.91 Å². The molecule has 0 radical (unpaired) electrons. The maximum atomic E-state index is 12.2. The number of halogens is 1. The van der Waals surface area contributed by atoms with E-state index in [1.807, 2.05) is 13.0 Å². The lowest BCUT2D eigenvalue weighted by molar-refractivity contribution is -0.127. The number of primary amides is 1. The predicted molar refractivity (Wildman–Crippen MR) is 87.2 cm³/mol. The molecule has 1 saturated heterocycles. The SMILES string of the molecule is CCOc1ccc(Br)cc1/C=C1\SC(=O)N(CC(N)=O)C1=O. The van der Waals surface area contributed by atoms with Crippen LogP contribution in [-0.2, 0) is 9.59 Å². The van der Waals surface area contributed by atoms with Crippen LogP contribution >= 0.6 is 27.7 Å². The number of nitrogens with zero attached hydrogens (tertiary/aromatic N) is 1. The van der Waals surface area contributed by atoms with Crippen molar-refractivity contribution in [1.82, 2.24) is 4.90 Å². The van der Waals surface area contributed by atoms with Gasteiger partial charge < -0.3 is 10.5 Å². The molecule has 1 fully saturated rings. The highest BCUT2D eigenvalue weighted by atomic mass is 79.9. The molecule has 1 aromatic carbocycles. The molecule has 1 aromatic rings. The minimum absolute atomic E-state index is 0.227. The Kier molecular flexibility index (Phi) is 5.25. The van der Waals surface area contributed by atoms with Gasteiger partial charge in [-0.25, -0.2) is 0 Å². The molecule has 1 heterocycles. The molecule has 0 spiro atoms. The van der Waals surface area contributed by atoms with Crippen LogP contribution in [0, 0.1) is 0 Å². The Bertz CT molecular complexity index is 675. The van der Waals surface area contributed by atoms with Crippen LogP contribution in [-0.4, -0.2) is 35.1 Å². The van der Waals surface area contributed by atoms with Gasteiger partial charge in [-0.05, 0) is 43.0 Å². The Morgan fingerprint density at radius 2 is 2.18 bits per heavy atom. The van der Waals surface area contributed by atoms with Gasteiger partial charge >= 0.3 is 0 Å². The molecule has 8 heteroatoms. The maximum absolute atomic E-state index is 12.2. The van der Waals surface area contributed by atoms with E-state index in [4.69, 9.17) is 10.5 Å². The Balaban J connectivity index is 2.34. The van der Waals surface area contributed by atoms with E-state index in [1.54, 1.807) is 18.2 Å². The standard InChI is InChI=1S/C14H13BrN2O4S/c1-2-21-10-4-3-9(15)5-8(10)6-11-13(19)17(7-12(16)18)14(20)22-11/h3-6H,2,7H2,1H3,(H2,16,18)/b11-6-. The van der Waals surface area contributed by atoms with E-state index in [1.165, 1.54) is 0 Å². The fourth-order valence-electron chi connectivity index (χ4n) is 1.85. The molecule has 6 nitrogen and oxygen atoms in total. The van der Waals surface area contributed by atoms with Crippen molar-refractivity contribution in [3.8, 4) is 5.75 Å². The highest BCUT2D eigenvalue weighted by molar-refractivity contribution is 9.10. The van der Waals surface area contributed by atoms with E-state index in [0.717, 1.165) is 21.1 Å². The molecule has 2 rings (SSSR count). The summed E-state index contributed by atoms with van der Waals surface area (Å²) < 4.78 is 6.32. The third-order valence-corrected chi connectivity index (χ3v) is 4.15. The first-order valence-electron chi connectivity index (χ1n) is 6.38. The molecule has 1 aliphatic heterocycles. The number of rotatable bonds is 5. The van der Waals surface area contributed by atoms with Crippen molar-refractivity contribution in [1.29, 1.82) is 0 Å². The summed E-state index contributed by atoms with van der Waals surface area (Å²) in [7, 11) is 0. The summed E-state index contributed by atoms with van der Waals surface area (Å²) in [5.74, 6) is -0.662. The zero-order valence-corrected chi connectivity index (χ0v) is 14.1. The van der Waals surface area contributed by atoms with Crippen molar-refractivity contribution in [2.75, 3.05) is 13.2 Å². The molecule has 22 heavy (non-hydrogen) atoms. The van der Waals surface area contributed by atoms with Gasteiger partial charge in [0.05, 0.1) is 11.5 Å². The molecule has 0 atom stereocenters. The molecule has 2 N–H and O–H groups in total. The van der Waals surface area contributed by atoms with Crippen LogP contribution in [0.2, 0.25) is 0 Å². The zero-order valence-electron chi connectivity index (χ0n) is 11.7. The second kappa shape index (κ2) is 6.97. The minimum atomic E-state index is -0.735. The summed E-state index contributed by atoms with van der Waals surface area (Å²) in [6.45, 7) is 1.91. The summed E-state index contributed by atoms with van der Waals surface area (Å²) in [6, 6.07) is 5.38. The van der Waals surface area contributed by atoms with Crippen LogP contribution in [0.15, 0.2) is 27.6 Å². The number of thioether (sulfide) groups is 1. The quantitative estimate of drug-likeness (QED) is 0.786. The Morgan fingerprint density at radius 3 is 2.82 bits per heavy atom. The molecule has 1 aliphatic rings. The van der Waals surface area contributed by atoms with Gasteiger partial charge in [0.15, 0.2) is 0 Å². The van der Waals surface area contributed by atoms with Crippen LogP contribution < -0.4 is 10.5 Å². The van der Waals surface area contributed by atoms with Gasteiger partial charge in [-0.3, -0.25) is 19.3 Å². The largest absolute Gasteiger partial charge is 0.493 e. The molecule has 0 unspecified atom stereocenters.